The molecule has 1 N–H and O–H groups in total. The summed E-state index contributed by atoms with van der Waals surface area (Å²) in [6.45, 7) is 9.06. The second-order valence-corrected chi connectivity index (χ2v) is 8.25. The lowest BCUT2D eigenvalue weighted by molar-refractivity contribution is 0.275. The molecule has 8 heteroatoms. The van der Waals surface area contributed by atoms with Crippen molar-refractivity contribution in [2.45, 2.75) is 26.8 Å². The predicted octanol–water partition coefficient (Wildman–Crippen LogP) is 2.39. The van der Waals surface area contributed by atoms with Crippen LogP contribution in [0.2, 0.25) is 0 Å². The normalized spacial score (nSPS) is 17.9. The van der Waals surface area contributed by atoms with E-state index in [4.69, 9.17) is 4.98 Å². The highest BCUT2D eigenvalue weighted by molar-refractivity contribution is 5.83. The minimum Gasteiger partial charge on any atom is -0.366 e. The highest BCUT2D eigenvalue weighted by Crippen LogP contribution is 2.24. The number of aromatic amines is 1. The van der Waals surface area contributed by atoms with Crippen LogP contribution in [0.4, 0.5) is 5.69 Å². The Bertz CT molecular complexity index is 1320. The smallest absolute Gasteiger partial charge is 0.259 e. The summed E-state index contributed by atoms with van der Waals surface area (Å²) in [6.07, 6.45) is 1.87. The van der Waals surface area contributed by atoms with Crippen molar-refractivity contribution < 1.29 is 0 Å². The molecule has 0 amide bonds. The first-order valence-corrected chi connectivity index (χ1v) is 10.2. The molecule has 1 atom stereocenters. The third-order valence-corrected chi connectivity index (χ3v) is 5.85. The van der Waals surface area contributed by atoms with Gasteiger partial charge in [-0.1, -0.05) is 0 Å². The van der Waals surface area contributed by atoms with Gasteiger partial charge in [-0.2, -0.15) is 5.10 Å². The second-order valence-electron chi connectivity index (χ2n) is 8.25. The molecule has 0 unspecified atom stereocenters. The van der Waals surface area contributed by atoms with Crippen LogP contribution in [0, 0.1) is 13.8 Å². The Kier molecular flexibility index (Phi) is 4.32. The number of aryl methyl sites for hydroxylation is 2. The van der Waals surface area contributed by atoms with E-state index in [0.717, 1.165) is 42.2 Å². The number of piperazine rings is 1. The van der Waals surface area contributed by atoms with E-state index in [1.807, 2.05) is 38.2 Å². The summed E-state index contributed by atoms with van der Waals surface area (Å²) >= 11 is 0. The van der Waals surface area contributed by atoms with Crippen molar-refractivity contribution in [1.29, 1.82) is 0 Å². The zero-order valence-corrected chi connectivity index (χ0v) is 17.7. The molecule has 8 nitrogen and oxygen atoms in total. The fourth-order valence-corrected chi connectivity index (χ4v) is 4.36. The van der Waals surface area contributed by atoms with Gasteiger partial charge in [0.1, 0.15) is 5.69 Å². The number of hydrogen-bond donors (Lipinski definition) is 1. The minimum absolute atomic E-state index is 0.151. The molecule has 30 heavy (non-hydrogen) atoms. The molecule has 1 saturated heterocycles. The molecule has 4 aromatic rings. The number of anilines is 1. The quantitative estimate of drug-likeness (QED) is 0.553. The molecule has 0 radical (unpaired) electrons. The fraction of sp³-hybridized carbons (Fsp3) is 0.364. The molecule has 0 bridgehead atoms. The number of benzene rings is 1. The van der Waals surface area contributed by atoms with Crippen LogP contribution in [0.15, 0.2) is 35.3 Å². The van der Waals surface area contributed by atoms with Crippen molar-refractivity contribution in [2.75, 3.05) is 31.6 Å². The maximum Gasteiger partial charge on any atom is 0.259 e. The summed E-state index contributed by atoms with van der Waals surface area (Å²) in [5.41, 5.74) is 4.89. The van der Waals surface area contributed by atoms with Crippen LogP contribution in [-0.4, -0.2) is 62.2 Å². The summed E-state index contributed by atoms with van der Waals surface area (Å²) in [7, 11) is 2.14. The van der Waals surface area contributed by atoms with Crippen molar-refractivity contribution >= 4 is 22.1 Å². The van der Waals surface area contributed by atoms with E-state index in [-0.39, 0.29) is 5.56 Å². The standard InChI is InChI=1S/C22H25N7O/c1-13-11-29-20(15(3)23-13)10-19(26-29)21-24-18-6-5-16(9-17(18)22(30)25-21)28-8-7-27(4)12-14(28)2/h5-6,9-11,14H,7-8,12H2,1-4H3,(H,24,25,30)/t14-/m0/s1. The van der Waals surface area contributed by atoms with Gasteiger partial charge in [0.15, 0.2) is 5.82 Å². The van der Waals surface area contributed by atoms with Gasteiger partial charge in [0, 0.05) is 31.4 Å². The van der Waals surface area contributed by atoms with E-state index in [2.05, 4.69) is 44.9 Å². The van der Waals surface area contributed by atoms with Crippen LogP contribution >= 0.6 is 0 Å². The first-order valence-electron chi connectivity index (χ1n) is 10.2. The predicted molar refractivity (Wildman–Crippen MR) is 118 cm³/mol. The lowest BCUT2D eigenvalue weighted by Crippen LogP contribution is -2.50. The number of nitrogens with zero attached hydrogens (tertiary/aromatic N) is 6. The van der Waals surface area contributed by atoms with Crippen LogP contribution in [-0.2, 0) is 0 Å². The Morgan fingerprint density at radius 1 is 1.13 bits per heavy atom. The van der Waals surface area contributed by atoms with Crippen LogP contribution in [0.1, 0.15) is 18.3 Å². The summed E-state index contributed by atoms with van der Waals surface area (Å²) in [5, 5.41) is 5.19. The number of H-pyrrole nitrogens is 1. The van der Waals surface area contributed by atoms with Crippen molar-refractivity contribution in [3.8, 4) is 11.5 Å². The van der Waals surface area contributed by atoms with Crippen LogP contribution in [0.25, 0.3) is 27.9 Å². The third kappa shape index (κ3) is 3.13. The van der Waals surface area contributed by atoms with Crippen molar-refractivity contribution in [1.82, 2.24) is 29.5 Å². The molecule has 0 aliphatic carbocycles. The largest absolute Gasteiger partial charge is 0.366 e. The minimum atomic E-state index is -0.151. The lowest BCUT2D eigenvalue weighted by Gasteiger charge is -2.39. The van der Waals surface area contributed by atoms with E-state index >= 15 is 0 Å². The van der Waals surface area contributed by atoms with Gasteiger partial charge in [-0.05, 0) is 52.1 Å². The molecular weight excluding hydrogens is 378 g/mol. The Balaban J connectivity index is 1.56. The van der Waals surface area contributed by atoms with E-state index < -0.39 is 0 Å². The summed E-state index contributed by atoms with van der Waals surface area (Å²) in [6, 6.07) is 8.24. The van der Waals surface area contributed by atoms with Gasteiger partial charge in [-0.25, -0.2) is 9.50 Å². The van der Waals surface area contributed by atoms with Crippen LogP contribution < -0.4 is 10.5 Å². The molecule has 0 spiro atoms. The Morgan fingerprint density at radius 3 is 2.77 bits per heavy atom. The zero-order chi connectivity index (χ0) is 21.0. The van der Waals surface area contributed by atoms with Crippen LogP contribution in [0.3, 0.4) is 0 Å². The number of aromatic nitrogens is 5. The van der Waals surface area contributed by atoms with Gasteiger partial charge < -0.3 is 14.8 Å². The Hall–Kier alpha value is -3.26. The molecule has 1 fully saturated rings. The maximum atomic E-state index is 12.9. The molecular formula is C22H25N7O. The van der Waals surface area contributed by atoms with Gasteiger partial charge in [-0.15, -0.1) is 0 Å². The maximum absolute atomic E-state index is 12.9. The Labute approximate surface area is 174 Å². The van der Waals surface area contributed by atoms with Crippen molar-refractivity contribution in [2.24, 2.45) is 0 Å². The van der Waals surface area contributed by atoms with E-state index in [9.17, 15) is 4.79 Å². The molecule has 1 aromatic carbocycles. The number of nitrogens with one attached hydrogen (secondary N) is 1. The molecule has 4 heterocycles. The lowest BCUT2D eigenvalue weighted by atomic mass is 10.1. The summed E-state index contributed by atoms with van der Waals surface area (Å²) in [5.74, 6) is 0.467. The van der Waals surface area contributed by atoms with E-state index in [0.29, 0.717) is 28.5 Å². The number of fused-ring (bicyclic) bond motifs is 2. The molecule has 154 valence electrons. The molecule has 3 aromatic heterocycles. The van der Waals surface area contributed by atoms with Gasteiger partial charge in [0.2, 0.25) is 0 Å². The SMILES string of the molecule is Cc1cn2nc(-c3nc4ccc(N5CCN(C)C[C@@H]5C)cc4c(=O)[nH]3)cc2c(C)n1. The Morgan fingerprint density at radius 2 is 1.97 bits per heavy atom. The fourth-order valence-electron chi connectivity index (χ4n) is 4.36. The first-order chi connectivity index (χ1) is 14.4. The van der Waals surface area contributed by atoms with Gasteiger partial charge in [0.25, 0.3) is 5.56 Å². The first kappa shape index (κ1) is 18.7. The summed E-state index contributed by atoms with van der Waals surface area (Å²) in [4.78, 5) is 29.7. The van der Waals surface area contributed by atoms with E-state index in [1.165, 1.54) is 0 Å². The third-order valence-electron chi connectivity index (χ3n) is 5.85. The van der Waals surface area contributed by atoms with Crippen LogP contribution in [0.5, 0.6) is 0 Å². The number of rotatable bonds is 2. The molecule has 1 aliphatic heterocycles. The van der Waals surface area contributed by atoms with Crippen molar-refractivity contribution in [3.63, 3.8) is 0 Å². The van der Waals surface area contributed by atoms with Gasteiger partial charge in [0.05, 0.1) is 34.0 Å². The van der Waals surface area contributed by atoms with Crippen molar-refractivity contribution in [3.05, 3.63) is 52.2 Å². The van der Waals surface area contributed by atoms with E-state index in [1.54, 1.807) is 4.52 Å². The molecule has 0 saturated carbocycles. The number of likely N-dealkylation sites (N-methyl/N-ethyl adjacent to an activating group) is 1. The molecule has 1 aliphatic rings. The zero-order valence-electron chi connectivity index (χ0n) is 17.7. The average Bonchev–Trinajstić information content (AvgIpc) is 3.12. The van der Waals surface area contributed by atoms with Gasteiger partial charge >= 0.3 is 0 Å². The summed E-state index contributed by atoms with van der Waals surface area (Å²) < 4.78 is 1.79. The topological polar surface area (TPSA) is 82.4 Å². The average molecular weight is 403 g/mol. The highest BCUT2D eigenvalue weighted by Gasteiger charge is 2.22. The van der Waals surface area contributed by atoms with Gasteiger partial charge in [-0.3, -0.25) is 9.78 Å². The monoisotopic (exact) mass is 403 g/mol. The highest BCUT2D eigenvalue weighted by atomic mass is 16.1. The molecule has 5 rings (SSSR count). The number of hydrogen-bond acceptors (Lipinski definition) is 6. The second kappa shape index (κ2) is 6.91.